The molecule has 9 heteroatoms. The minimum Gasteiger partial charge on any atom is -0.434 e. The van der Waals surface area contributed by atoms with Crippen LogP contribution < -0.4 is 4.74 Å². The zero-order valence-electron chi connectivity index (χ0n) is 14.0. The molecule has 140 valence electrons. The average Bonchev–Trinajstić information content (AvgIpc) is 2.97. The largest absolute Gasteiger partial charge is 0.434 e. The van der Waals surface area contributed by atoms with Crippen molar-refractivity contribution in [1.29, 1.82) is 0 Å². The molecule has 0 amide bonds. The van der Waals surface area contributed by atoms with Crippen LogP contribution in [0.3, 0.4) is 0 Å². The van der Waals surface area contributed by atoms with Crippen molar-refractivity contribution in [3.05, 3.63) is 63.9 Å². The van der Waals surface area contributed by atoms with Crippen LogP contribution in [0.2, 0.25) is 10.0 Å². The Kier molecular flexibility index (Phi) is 5.72. The van der Waals surface area contributed by atoms with Crippen LogP contribution in [0, 0.1) is 6.92 Å². The van der Waals surface area contributed by atoms with Gasteiger partial charge in [0.25, 0.3) is 0 Å². The molecular formula is C18H13Cl2F2N3O2. The van der Waals surface area contributed by atoms with E-state index < -0.39 is 12.4 Å². The van der Waals surface area contributed by atoms with Gasteiger partial charge in [-0.3, -0.25) is 4.79 Å². The number of para-hydroxylation sites is 1. The van der Waals surface area contributed by atoms with E-state index in [1.165, 1.54) is 22.9 Å². The Labute approximate surface area is 163 Å². The van der Waals surface area contributed by atoms with Crippen molar-refractivity contribution in [3.8, 4) is 17.1 Å². The summed E-state index contributed by atoms with van der Waals surface area (Å²) in [6.07, 6.45) is 0. The molecule has 2 aromatic carbocycles. The molecule has 1 heterocycles. The molecule has 0 atom stereocenters. The molecular weight excluding hydrogens is 399 g/mol. The molecule has 0 saturated carbocycles. The molecule has 0 radical (unpaired) electrons. The fourth-order valence-corrected chi connectivity index (χ4v) is 2.83. The molecule has 0 fully saturated rings. The highest BCUT2D eigenvalue weighted by Gasteiger charge is 2.19. The number of benzene rings is 2. The van der Waals surface area contributed by atoms with Crippen LogP contribution in [-0.4, -0.2) is 27.2 Å². The van der Waals surface area contributed by atoms with Gasteiger partial charge in [0.15, 0.2) is 11.6 Å². The Morgan fingerprint density at radius 3 is 2.63 bits per heavy atom. The maximum absolute atomic E-state index is 12.7. The monoisotopic (exact) mass is 411 g/mol. The first kappa shape index (κ1) is 19.3. The molecule has 3 rings (SSSR count). The Bertz CT molecular complexity index is 992. The van der Waals surface area contributed by atoms with E-state index in [4.69, 9.17) is 23.2 Å². The van der Waals surface area contributed by atoms with Gasteiger partial charge in [-0.2, -0.15) is 13.9 Å². The minimum absolute atomic E-state index is 0.0334. The second kappa shape index (κ2) is 8.02. The van der Waals surface area contributed by atoms with Crippen molar-refractivity contribution in [1.82, 2.24) is 14.8 Å². The number of ketones is 1. The van der Waals surface area contributed by atoms with Gasteiger partial charge in [-0.1, -0.05) is 35.3 Å². The van der Waals surface area contributed by atoms with Gasteiger partial charge in [0.05, 0.1) is 15.6 Å². The van der Waals surface area contributed by atoms with Gasteiger partial charge in [-0.05, 0) is 37.3 Å². The lowest BCUT2D eigenvalue weighted by Crippen LogP contribution is -2.15. The summed E-state index contributed by atoms with van der Waals surface area (Å²) in [5, 5.41) is 4.94. The van der Waals surface area contributed by atoms with Crippen LogP contribution in [0.1, 0.15) is 16.2 Å². The number of hydrogen-bond donors (Lipinski definition) is 0. The van der Waals surface area contributed by atoms with E-state index in [0.717, 1.165) is 0 Å². The van der Waals surface area contributed by atoms with Crippen LogP contribution in [0.15, 0.2) is 42.5 Å². The van der Waals surface area contributed by atoms with E-state index in [1.54, 1.807) is 31.2 Å². The van der Waals surface area contributed by atoms with Gasteiger partial charge in [-0.25, -0.2) is 9.67 Å². The van der Waals surface area contributed by atoms with Gasteiger partial charge in [-0.15, -0.1) is 0 Å². The smallest absolute Gasteiger partial charge is 0.387 e. The van der Waals surface area contributed by atoms with Crippen molar-refractivity contribution in [2.75, 3.05) is 0 Å². The fraction of sp³-hybridized carbons (Fsp3) is 0.167. The Hall–Kier alpha value is -2.51. The number of rotatable bonds is 6. The molecule has 0 unspecified atom stereocenters. The van der Waals surface area contributed by atoms with Gasteiger partial charge >= 0.3 is 6.61 Å². The summed E-state index contributed by atoms with van der Waals surface area (Å²) in [5.41, 5.74) is 0.654. The molecule has 0 aliphatic rings. The zero-order chi connectivity index (χ0) is 19.6. The van der Waals surface area contributed by atoms with Crippen LogP contribution in [0.5, 0.6) is 5.75 Å². The molecule has 0 aliphatic heterocycles. The van der Waals surface area contributed by atoms with Gasteiger partial charge < -0.3 is 4.74 Å². The molecule has 0 bridgehead atoms. The average molecular weight is 412 g/mol. The lowest BCUT2D eigenvalue weighted by Gasteiger charge is -2.11. The molecule has 0 aliphatic carbocycles. The number of nitrogens with zero attached hydrogens (tertiary/aromatic N) is 3. The van der Waals surface area contributed by atoms with Crippen molar-refractivity contribution in [3.63, 3.8) is 0 Å². The first-order chi connectivity index (χ1) is 12.8. The molecule has 3 aromatic rings. The number of hydrogen-bond acceptors (Lipinski definition) is 4. The van der Waals surface area contributed by atoms with Crippen molar-refractivity contribution >= 4 is 29.0 Å². The minimum atomic E-state index is -3.03. The summed E-state index contributed by atoms with van der Waals surface area (Å²) in [5.74, 6) is 0.218. The quantitative estimate of drug-likeness (QED) is 0.532. The first-order valence-electron chi connectivity index (χ1n) is 7.79. The van der Waals surface area contributed by atoms with E-state index in [-0.39, 0.29) is 17.9 Å². The topological polar surface area (TPSA) is 57.0 Å². The third-order valence-electron chi connectivity index (χ3n) is 3.65. The highest BCUT2D eigenvalue weighted by atomic mass is 35.5. The summed E-state index contributed by atoms with van der Waals surface area (Å²) < 4.78 is 30.9. The normalized spacial score (nSPS) is 11.0. The molecule has 5 nitrogen and oxygen atoms in total. The van der Waals surface area contributed by atoms with Crippen LogP contribution >= 0.6 is 23.2 Å². The van der Waals surface area contributed by atoms with E-state index in [9.17, 15) is 13.6 Å². The lowest BCUT2D eigenvalue weighted by atomic mass is 10.1. The Morgan fingerprint density at radius 1 is 1.19 bits per heavy atom. The van der Waals surface area contributed by atoms with Gasteiger partial charge in [0, 0.05) is 5.56 Å². The molecule has 1 aromatic heterocycles. The second-order valence-corrected chi connectivity index (χ2v) is 6.38. The standard InChI is InChI=1S/C18H13Cl2F2N3O2/c1-10-23-17(11-6-7-13(19)14(20)8-11)25(24-10)9-15(26)12-4-2-3-5-16(12)27-18(21)22/h2-8,18H,9H2,1H3. The molecule has 0 saturated heterocycles. The highest BCUT2D eigenvalue weighted by molar-refractivity contribution is 6.42. The van der Waals surface area contributed by atoms with Crippen molar-refractivity contribution in [2.24, 2.45) is 0 Å². The number of aryl methyl sites for hydroxylation is 1. The fourth-order valence-electron chi connectivity index (χ4n) is 2.53. The Balaban J connectivity index is 1.93. The van der Waals surface area contributed by atoms with Crippen LogP contribution in [0.4, 0.5) is 8.78 Å². The summed E-state index contributed by atoms with van der Waals surface area (Å²) in [4.78, 5) is 17.0. The third-order valence-corrected chi connectivity index (χ3v) is 4.39. The number of halogens is 4. The Morgan fingerprint density at radius 2 is 1.93 bits per heavy atom. The van der Waals surface area contributed by atoms with E-state index >= 15 is 0 Å². The predicted molar refractivity (Wildman–Crippen MR) is 97.6 cm³/mol. The van der Waals surface area contributed by atoms with Gasteiger partial charge in [0.2, 0.25) is 0 Å². The number of carbonyl (C=O) groups is 1. The number of alkyl halides is 2. The second-order valence-electron chi connectivity index (χ2n) is 5.57. The number of aromatic nitrogens is 3. The number of Topliss-reactive ketones (excluding diaryl/α,β-unsaturated/α-hetero) is 1. The summed E-state index contributed by atoms with van der Waals surface area (Å²) in [6, 6.07) is 10.7. The summed E-state index contributed by atoms with van der Waals surface area (Å²) in [6.45, 7) is -1.56. The number of ether oxygens (including phenoxy) is 1. The SMILES string of the molecule is Cc1nc(-c2ccc(Cl)c(Cl)c2)n(CC(=O)c2ccccc2OC(F)F)n1. The van der Waals surface area contributed by atoms with E-state index in [0.29, 0.717) is 27.3 Å². The third kappa shape index (κ3) is 4.43. The first-order valence-corrected chi connectivity index (χ1v) is 8.54. The summed E-state index contributed by atoms with van der Waals surface area (Å²) >= 11 is 12.0. The molecule has 0 spiro atoms. The highest BCUT2D eigenvalue weighted by Crippen LogP contribution is 2.28. The van der Waals surface area contributed by atoms with Crippen molar-refractivity contribution < 1.29 is 18.3 Å². The maximum atomic E-state index is 12.7. The maximum Gasteiger partial charge on any atom is 0.387 e. The zero-order valence-corrected chi connectivity index (χ0v) is 15.5. The van der Waals surface area contributed by atoms with E-state index in [2.05, 4.69) is 14.8 Å². The molecule has 27 heavy (non-hydrogen) atoms. The lowest BCUT2D eigenvalue weighted by molar-refractivity contribution is -0.0501. The van der Waals surface area contributed by atoms with Crippen LogP contribution in [-0.2, 0) is 6.54 Å². The number of carbonyl (C=O) groups excluding carboxylic acids is 1. The van der Waals surface area contributed by atoms with E-state index in [1.807, 2.05) is 0 Å². The predicted octanol–water partition coefficient (Wildman–Crippen LogP) is 5.04. The van der Waals surface area contributed by atoms with Crippen LogP contribution in [0.25, 0.3) is 11.4 Å². The summed E-state index contributed by atoms with van der Waals surface area (Å²) in [7, 11) is 0. The van der Waals surface area contributed by atoms with Gasteiger partial charge in [0.1, 0.15) is 18.1 Å². The molecule has 0 N–H and O–H groups in total. The van der Waals surface area contributed by atoms with Crippen molar-refractivity contribution in [2.45, 2.75) is 20.1 Å².